The molecule has 1 aliphatic rings. The molecule has 9 heteroatoms. The van der Waals surface area contributed by atoms with Crippen LogP contribution >= 0.6 is 23.1 Å². The van der Waals surface area contributed by atoms with Crippen LogP contribution in [0, 0.1) is 0 Å². The maximum atomic E-state index is 12.5. The molecule has 2 aromatic carbocycles. The lowest BCUT2D eigenvalue weighted by molar-refractivity contribution is -0.140. The van der Waals surface area contributed by atoms with Gasteiger partial charge >= 0.3 is 5.63 Å². The number of carbonyl (C=O) groups excluding carboxylic acids is 2. The second-order valence-electron chi connectivity index (χ2n) is 7.27. The van der Waals surface area contributed by atoms with Gasteiger partial charge in [-0.05, 0) is 34.7 Å². The highest BCUT2D eigenvalue weighted by Gasteiger charge is 2.34. The van der Waals surface area contributed by atoms with E-state index in [0.29, 0.717) is 17.1 Å². The molecule has 1 saturated heterocycles. The third-order valence-electron chi connectivity index (χ3n) is 5.07. The number of hydrogen-bond donors (Lipinski definition) is 1. The van der Waals surface area contributed by atoms with Crippen LogP contribution < -0.4 is 15.8 Å². The number of thiophene rings is 1. The van der Waals surface area contributed by atoms with E-state index in [-0.39, 0.29) is 17.9 Å². The minimum absolute atomic E-state index is 0.160. The minimum Gasteiger partial charge on any atom is -0.484 e. The van der Waals surface area contributed by atoms with Gasteiger partial charge in [0.05, 0.1) is 5.75 Å². The lowest BCUT2D eigenvalue weighted by atomic mass is 10.0. The van der Waals surface area contributed by atoms with Gasteiger partial charge in [-0.25, -0.2) is 9.80 Å². The van der Waals surface area contributed by atoms with Crippen molar-refractivity contribution < 1.29 is 18.7 Å². The number of nitrogens with one attached hydrogen (secondary N) is 1. The molecule has 166 valence electrons. The van der Waals surface area contributed by atoms with Crippen molar-refractivity contribution >= 4 is 45.9 Å². The molecule has 0 aliphatic carbocycles. The predicted octanol–water partition coefficient (Wildman–Crippen LogP) is 4.21. The van der Waals surface area contributed by atoms with E-state index in [0.717, 1.165) is 21.4 Å². The fourth-order valence-corrected chi connectivity index (χ4v) is 5.66. The standard InChI is InChI=1S/C24H18N2O5S2/c27-21(25-26-22(28)14-33-24(26)20-7-4-10-32-20)13-30-16-8-9-17-18(15-5-2-1-3-6-15)12-23(29)31-19(17)11-16/h1-12,24H,13-14H2,(H,25,27). The lowest BCUT2D eigenvalue weighted by Crippen LogP contribution is -2.46. The summed E-state index contributed by atoms with van der Waals surface area (Å²) in [6, 6.07) is 19.9. The van der Waals surface area contributed by atoms with E-state index in [9.17, 15) is 14.4 Å². The summed E-state index contributed by atoms with van der Waals surface area (Å²) >= 11 is 3.00. The Bertz CT molecular complexity index is 1370. The number of carbonyl (C=O) groups is 2. The van der Waals surface area contributed by atoms with Crippen LogP contribution in [0.5, 0.6) is 5.75 Å². The largest absolute Gasteiger partial charge is 0.484 e. The Labute approximate surface area is 196 Å². The maximum absolute atomic E-state index is 12.5. The second-order valence-corrected chi connectivity index (χ2v) is 9.32. The topological polar surface area (TPSA) is 88.8 Å². The molecule has 1 aliphatic heterocycles. The zero-order valence-electron chi connectivity index (χ0n) is 17.2. The molecule has 1 unspecified atom stereocenters. The molecule has 1 N–H and O–H groups in total. The highest BCUT2D eigenvalue weighted by molar-refractivity contribution is 8.00. The van der Waals surface area contributed by atoms with Crippen molar-refractivity contribution in [1.82, 2.24) is 10.4 Å². The molecule has 3 heterocycles. The van der Waals surface area contributed by atoms with Gasteiger partial charge in [0, 0.05) is 22.4 Å². The number of benzene rings is 2. The fraction of sp³-hybridized carbons (Fsp3) is 0.125. The summed E-state index contributed by atoms with van der Waals surface area (Å²) in [5.74, 6) is 0.0690. The van der Waals surface area contributed by atoms with Crippen LogP contribution in [0.4, 0.5) is 0 Å². The molecule has 1 fully saturated rings. The number of hydrazine groups is 1. The van der Waals surface area contributed by atoms with Crippen LogP contribution in [0.3, 0.4) is 0 Å². The Morgan fingerprint density at radius 2 is 1.94 bits per heavy atom. The Balaban J connectivity index is 1.30. The van der Waals surface area contributed by atoms with Crippen LogP contribution in [-0.4, -0.2) is 29.2 Å². The van der Waals surface area contributed by atoms with Gasteiger partial charge in [-0.3, -0.25) is 15.0 Å². The zero-order chi connectivity index (χ0) is 22.8. The Hall–Kier alpha value is -3.56. The van der Waals surface area contributed by atoms with Crippen LogP contribution in [0.1, 0.15) is 10.3 Å². The Morgan fingerprint density at radius 1 is 1.09 bits per heavy atom. The smallest absolute Gasteiger partial charge is 0.336 e. The van der Waals surface area contributed by atoms with Gasteiger partial charge in [0.15, 0.2) is 6.61 Å². The molecule has 33 heavy (non-hydrogen) atoms. The zero-order valence-corrected chi connectivity index (χ0v) is 18.9. The molecule has 1 atom stereocenters. The maximum Gasteiger partial charge on any atom is 0.336 e. The average molecular weight is 479 g/mol. The first kappa shape index (κ1) is 21.3. The van der Waals surface area contributed by atoms with E-state index in [1.165, 1.54) is 34.2 Å². The minimum atomic E-state index is -0.471. The molecule has 0 saturated carbocycles. The lowest BCUT2D eigenvalue weighted by Gasteiger charge is -2.23. The fourth-order valence-electron chi connectivity index (χ4n) is 3.59. The molecule has 7 nitrogen and oxygen atoms in total. The van der Waals surface area contributed by atoms with Crippen molar-refractivity contribution in [2.75, 3.05) is 12.4 Å². The molecule has 0 bridgehead atoms. The second kappa shape index (κ2) is 9.13. The van der Waals surface area contributed by atoms with Crippen molar-refractivity contribution in [3.63, 3.8) is 0 Å². The molecule has 2 aromatic heterocycles. The van der Waals surface area contributed by atoms with E-state index >= 15 is 0 Å². The number of fused-ring (bicyclic) bond motifs is 1. The van der Waals surface area contributed by atoms with Gasteiger partial charge in [-0.15, -0.1) is 23.1 Å². The number of thioether (sulfide) groups is 1. The number of nitrogens with zero attached hydrogens (tertiary/aromatic N) is 1. The monoisotopic (exact) mass is 478 g/mol. The van der Waals surface area contributed by atoms with E-state index in [2.05, 4.69) is 5.43 Å². The third-order valence-corrected chi connectivity index (χ3v) is 7.34. The Morgan fingerprint density at radius 3 is 2.73 bits per heavy atom. The summed E-state index contributed by atoms with van der Waals surface area (Å²) in [6.45, 7) is -0.292. The summed E-state index contributed by atoms with van der Waals surface area (Å²) in [5.41, 5.74) is 4.20. The highest BCUT2D eigenvalue weighted by Crippen LogP contribution is 2.39. The summed E-state index contributed by atoms with van der Waals surface area (Å²) in [4.78, 5) is 37.8. The first-order valence-electron chi connectivity index (χ1n) is 10.1. The van der Waals surface area contributed by atoms with Crippen molar-refractivity contribution in [3.05, 3.63) is 87.4 Å². The summed E-state index contributed by atoms with van der Waals surface area (Å²) in [7, 11) is 0. The number of amides is 2. The Kier molecular flexibility index (Phi) is 5.89. The van der Waals surface area contributed by atoms with Gasteiger partial charge < -0.3 is 9.15 Å². The third kappa shape index (κ3) is 4.50. The first-order valence-corrected chi connectivity index (χ1v) is 12.0. The molecule has 5 rings (SSSR count). The molecule has 4 aromatic rings. The van der Waals surface area contributed by atoms with E-state index < -0.39 is 11.5 Å². The van der Waals surface area contributed by atoms with E-state index in [1.807, 2.05) is 47.8 Å². The van der Waals surface area contributed by atoms with Crippen molar-refractivity contribution in [1.29, 1.82) is 0 Å². The van der Waals surface area contributed by atoms with Gasteiger partial charge in [0.25, 0.3) is 11.8 Å². The molecular formula is C24H18N2O5S2. The molecule has 0 spiro atoms. The average Bonchev–Trinajstić information content (AvgIpc) is 3.48. The molecule has 2 amide bonds. The summed E-state index contributed by atoms with van der Waals surface area (Å²) in [6.07, 6.45) is 0. The predicted molar refractivity (Wildman–Crippen MR) is 128 cm³/mol. The van der Waals surface area contributed by atoms with Crippen LogP contribution in [0.25, 0.3) is 22.1 Å². The first-order chi connectivity index (χ1) is 16.1. The van der Waals surface area contributed by atoms with Gasteiger partial charge in [0.1, 0.15) is 16.7 Å². The van der Waals surface area contributed by atoms with Crippen LogP contribution in [-0.2, 0) is 9.59 Å². The number of ether oxygens (including phenoxy) is 1. The molecule has 0 radical (unpaired) electrons. The van der Waals surface area contributed by atoms with Gasteiger partial charge in [-0.1, -0.05) is 36.4 Å². The van der Waals surface area contributed by atoms with Crippen LogP contribution in [0.2, 0.25) is 0 Å². The highest BCUT2D eigenvalue weighted by atomic mass is 32.2. The normalized spacial score (nSPS) is 15.7. The molecular weight excluding hydrogens is 460 g/mol. The summed E-state index contributed by atoms with van der Waals surface area (Å²) in [5, 5.41) is 3.81. The van der Waals surface area contributed by atoms with E-state index in [1.54, 1.807) is 18.2 Å². The number of hydrogen-bond acceptors (Lipinski definition) is 7. The number of rotatable bonds is 6. The van der Waals surface area contributed by atoms with Gasteiger partial charge in [0.2, 0.25) is 0 Å². The SMILES string of the molecule is O=C(COc1ccc2c(-c3ccccc3)cc(=O)oc2c1)NN1C(=O)CSC1c1cccs1. The van der Waals surface area contributed by atoms with Crippen molar-refractivity contribution in [2.45, 2.75) is 5.37 Å². The summed E-state index contributed by atoms with van der Waals surface area (Å²) < 4.78 is 11.0. The quantitative estimate of drug-likeness (QED) is 0.418. The van der Waals surface area contributed by atoms with Crippen molar-refractivity contribution in [3.8, 4) is 16.9 Å². The van der Waals surface area contributed by atoms with Crippen molar-refractivity contribution in [2.24, 2.45) is 0 Å². The van der Waals surface area contributed by atoms with E-state index in [4.69, 9.17) is 9.15 Å². The van der Waals surface area contributed by atoms with Gasteiger partial charge in [-0.2, -0.15) is 0 Å². The van der Waals surface area contributed by atoms with Crippen LogP contribution in [0.15, 0.2) is 81.3 Å².